The second kappa shape index (κ2) is 7.21. The first-order valence-corrected chi connectivity index (χ1v) is 9.94. The lowest BCUT2D eigenvalue weighted by atomic mass is 10.1. The number of thiazole rings is 1. The van der Waals surface area contributed by atoms with E-state index in [4.69, 9.17) is 9.47 Å². The quantitative estimate of drug-likeness (QED) is 0.695. The summed E-state index contributed by atoms with van der Waals surface area (Å²) < 4.78 is 12.5. The number of piperidine rings is 1. The number of carbonyl (C=O) groups is 1. The number of rotatable bonds is 4. The Balaban J connectivity index is 1.28. The minimum absolute atomic E-state index is 0.231. The molecule has 2 aromatic heterocycles. The van der Waals surface area contributed by atoms with E-state index >= 15 is 0 Å². The van der Waals surface area contributed by atoms with Gasteiger partial charge in [0.15, 0.2) is 22.3 Å². The number of fused-ring (bicyclic) bond motifs is 1. The molecule has 0 radical (unpaired) electrons. The number of anilines is 1. The molecule has 0 aliphatic carbocycles. The molecule has 2 N–H and O–H groups in total. The van der Waals surface area contributed by atoms with E-state index in [1.165, 1.54) is 11.3 Å². The van der Waals surface area contributed by atoms with Gasteiger partial charge in [0, 0.05) is 10.9 Å². The van der Waals surface area contributed by atoms with E-state index in [1.807, 2.05) is 23.6 Å². The standard InChI is InChI=1S/C18H18N6O3S/c25-17(13-8-24(23-22-13)12-3-5-19-6-4-12)21-18-20-14(9-28-18)11-1-2-15-16(7-11)27-10-26-15/h1-2,7-9,12,19H,3-6,10H2,(H,20,21,25). The Morgan fingerprint density at radius 3 is 3.00 bits per heavy atom. The third kappa shape index (κ3) is 3.32. The average Bonchev–Trinajstić information content (AvgIpc) is 3.48. The summed E-state index contributed by atoms with van der Waals surface area (Å²) in [6, 6.07) is 5.94. The molecule has 5 rings (SSSR count). The van der Waals surface area contributed by atoms with Gasteiger partial charge in [-0.25, -0.2) is 9.67 Å². The molecule has 3 aromatic rings. The fourth-order valence-electron chi connectivity index (χ4n) is 3.31. The fraction of sp³-hybridized carbons (Fsp3) is 0.333. The summed E-state index contributed by atoms with van der Waals surface area (Å²) in [5.74, 6) is 1.11. The van der Waals surface area contributed by atoms with E-state index in [1.54, 1.807) is 10.9 Å². The van der Waals surface area contributed by atoms with Gasteiger partial charge in [-0.15, -0.1) is 16.4 Å². The van der Waals surface area contributed by atoms with Crippen LogP contribution in [0.25, 0.3) is 11.3 Å². The number of hydrogen-bond acceptors (Lipinski definition) is 8. The topological polar surface area (TPSA) is 103 Å². The molecule has 1 aromatic carbocycles. The number of amides is 1. The van der Waals surface area contributed by atoms with Crippen molar-refractivity contribution in [3.63, 3.8) is 0 Å². The molecule has 0 spiro atoms. The Bertz CT molecular complexity index is 1010. The van der Waals surface area contributed by atoms with Crippen LogP contribution in [0, 0.1) is 0 Å². The zero-order valence-electron chi connectivity index (χ0n) is 14.9. The van der Waals surface area contributed by atoms with Crippen molar-refractivity contribution in [2.75, 3.05) is 25.2 Å². The normalized spacial score (nSPS) is 16.3. The molecule has 0 atom stereocenters. The van der Waals surface area contributed by atoms with Crippen molar-refractivity contribution in [1.82, 2.24) is 25.3 Å². The van der Waals surface area contributed by atoms with Crippen molar-refractivity contribution in [2.24, 2.45) is 0 Å². The van der Waals surface area contributed by atoms with Crippen molar-refractivity contribution in [1.29, 1.82) is 0 Å². The summed E-state index contributed by atoms with van der Waals surface area (Å²) in [5, 5.41) is 16.7. The minimum Gasteiger partial charge on any atom is -0.454 e. The maximum Gasteiger partial charge on any atom is 0.279 e. The highest BCUT2D eigenvalue weighted by atomic mass is 32.1. The molecule has 2 aliphatic rings. The van der Waals surface area contributed by atoms with Crippen molar-refractivity contribution in [3.05, 3.63) is 35.5 Å². The molecule has 1 amide bonds. The van der Waals surface area contributed by atoms with Gasteiger partial charge in [-0.05, 0) is 44.1 Å². The van der Waals surface area contributed by atoms with E-state index in [0.29, 0.717) is 16.6 Å². The van der Waals surface area contributed by atoms with Crippen molar-refractivity contribution >= 4 is 22.4 Å². The van der Waals surface area contributed by atoms with E-state index in [2.05, 4.69) is 25.9 Å². The van der Waals surface area contributed by atoms with Crippen LogP contribution in [0.4, 0.5) is 5.13 Å². The van der Waals surface area contributed by atoms with Gasteiger partial charge in [0.1, 0.15) is 0 Å². The second-order valence-corrected chi connectivity index (χ2v) is 7.48. The summed E-state index contributed by atoms with van der Waals surface area (Å²) >= 11 is 1.36. The Morgan fingerprint density at radius 2 is 2.11 bits per heavy atom. The lowest BCUT2D eigenvalue weighted by molar-refractivity contribution is 0.102. The lowest BCUT2D eigenvalue weighted by Crippen LogP contribution is -2.29. The molecule has 4 heterocycles. The predicted molar refractivity (Wildman–Crippen MR) is 103 cm³/mol. The summed E-state index contributed by atoms with van der Waals surface area (Å²) in [7, 11) is 0. The number of ether oxygens (including phenoxy) is 2. The van der Waals surface area contributed by atoms with Gasteiger partial charge in [0.25, 0.3) is 5.91 Å². The third-order valence-corrected chi connectivity index (χ3v) is 5.58. The number of carbonyl (C=O) groups excluding carboxylic acids is 1. The van der Waals surface area contributed by atoms with E-state index in [-0.39, 0.29) is 18.7 Å². The molecule has 0 bridgehead atoms. The first-order valence-electron chi connectivity index (χ1n) is 9.06. The van der Waals surface area contributed by atoms with Gasteiger partial charge >= 0.3 is 0 Å². The van der Waals surface area contributed by atoms with E-state index in [0.717, 1.165) is 42.9 Å². The highest BCUT2D eigenvalue weighted by molar-refractivity contribution is 7.14. The van der Waals surface area contributed by atoms with Crippen LogP contribution < -0.4 is 20.1 Å². The van der Waals surface area contributed by atoms with E-state index < -0.39 is 0 Å². The van der Waals surface area contributed by atoms with Crippen molar-refractivity contribution in [3.8, 4) is 22.8 Å². The second-order valence-electron chi connectivity index (χ2n) is 6.63. The molecule has 10 heteroatoms. The van der Waals surface area contributed by atoms with Gasteiger partial charge in [0.05, 0.1) is 17.9 Å². The van der Waals surface area contributed by atoms with Gasteiger partial charge in [-0.3, -0.25) is 10.1 Å². The maximum atomic E-state index is 12.5. The van der Waals surface area contributed by atoms with Crippen LogP contribution in [0.15, 0.2) is 29.8 Å². The Morgan fingerprint density at radius 1 is 1.25 bits per heavy atom. The Kier molecular flexibility index (Phi) is 4.41. The van der Waals surface area contributed by atoms with Crippen LogP contribution >= 0.6 is 11.3 Å². The summed E-state index contributed by atoms with van der Waals surface area (Å²) in [6.07, 6.45) is 3.67. The van der Waals surface area contributed by atoms with Crippen LogP contribution in [0.5, 0.6) is 11.5 Å². The zero-order chi connectivity index (χ0) is 18.9. The van der Waals surface area contributed by atoms with Crippen LogP contribution in [0.3, 0.4) is 0 Å². The minimum atomic E-state index is -0.313. The highest BCUT2D eigenvalue weighted by Crippen LogP contribution is 2.36. The molecular formula is C18H18N6O3S. The molecule has 144 valence electrons. The maximum absolute atomic E-state index is 12.5. The predicted octanol–water partition coefficient (Wildman–Crippen LogP) is 2.31. The Hall–Kier alpha value is -2.98. The van der Waals surface area contributed by atoms with Gasteiger partial charge in [-0.2, -0.15) is 0 Å². The summed E-state index contributed by atoms with van der Waals surface area (Å²) in [5.41, 5.74) is 1.95. The summed E-state index contributed by atoms with van der Waals surface area (Å²) in [4.78, 5) is 17.0. The molecule has 1 saturated heterocycles. The molecule has 9 nitrogen and oxygen atoms in total. The van der Waals surface area contributed by atoms with Gasteiger partial charge < -0.3 is 14.8 Å². The van der Waals surface area contributed by atoms with Crippen molar-refractivity contribution < 1.29 is 14.3 Å². The van der Waals surface area contributed by atoms with Gasteiger partial charge in [0.2, 0.25) is 6.79 Å². The highest BCUT2D eigenvalue weighted by Gasteiger charge is 2.20. The Labute approximate surface area is 164 Å². The van der Waals surface area contributed by atoms with Crippen LogP contribution in [0.1, 0.15) is 29.4 Å². The molecular weight excluding hydrogens is 380 g/mol. The SMILES string of the molecule is O=C(Nc1nc(-c2ccc3c(c2)OCO3)cs1)c1cn(C2CCNCC2)nn1. The number of nitrogens with one attached hydrogen (secondary N) is 2. The first kappa shape index (κ1) is 17.1. The number of aromatic nitrogens is 4. The smallest absolute Gasteiger partial charge is 0.279 e. The summed E-state index contributed by atoms with van der Waals surface area (Å²) in [6.45, 7) is 2.14. The first-order chi connectivity index (χ1) is 13.8. The number of benzene rings is 1. The molecule has 0 unspecified atom stereocenters. The molecule has 28 heavy (non-hydrogen) atoms. The fourth-order valence-corrected chi connectivity index (χ4v) is 4.03. The lowest BCUT2D eigenvalue weighted by Gasteiger charge is -2.21. The van der Waals surface area contributed by atoms with E-state index in [9.17, 15) is 4.79 Å². The molecule has 1 fully saturated rings. The molecule has 0 saturated carbocycles. The van der Waals surface area contributed by atoms with Crippen LogP contribution in [0.2, 0.25) is 0 Å². The average molecular weight is 398 g/mol. The van der Waals surface area contributed by atoms with Crippen molar-refractivity contribution in [2.45, 2.75) is 18.9 Å². The number of hydrogen-bond donors (Lipinski definition) is 2. The molecule has 2 aliphatic heterocycles. The van der Waals surface area contributed by atoms with Crippen LogP contribution in [-0.4, -0.2) is 45.8 Å². The van der Waals surface area contributed by atoms with Gasteiger partial charge in [-0.1, -0.05) is 5.21 Å². The monoisotopic (exact) mass is 398 g/mol. The number of nitrogens with zero attached hydrogens (tertiary/aromatic N) is 4. The third-order valence-electron chi connectivity index (χ3n) is 4.82. The van der Waals surface area contributed by atoms with Crippen LogP contribution in [-0.2, 0) is 0 Å². The zero-order valence-corrected chi connectivity index (χ0v) is 15.7. The largest absolute Gasteiger partial charge is 0.454 e.